The molecule has 0 bridgehead atoms. The van der Waals surface area contributed by atoms with Crippen LogP contribution in [0.25, 0.3) is 11.2 Å². The predicted molar refractivity (Wildman–Crippen MR) is 99.9 cm³/mol. The minimum atomic E-state index is 0.159. The molecule has 1 aromatic carbocycles. The van der Waals surface area contributed by atoms with Crippen molar-refractivity contribution < 1.29 is 4.79 Å². The molecule has 0 unspecified atom stereocenters. The average molecular weight is 368 g/mol. The second-order valence-corrected chi connectivity index (χ2v) is 7.42. The maximum atomic E-state index is 12.2. The lowest BCUT2D eigenvalue weighted by Gasteiger charge is -2.14. The second-order valence-electron chi connectivity index (χ2n) is 6.46. The molecule has 7 nitrogen and oxygen atoms in total. The number of carbonyl (C=O) groups excluding carboxylic acids is 1. The first-order chi connectivity index (χ1) is 12.7. The van der Waals surface area contributed by atoms with Crippen molar-refractivity contribution in [2.45, 2.75) is 31.3 Å². The molecule has 1 amide bonds. The Morgan fingerprint density at radius 2 is 1.92 bits per heavy atom. The Morgan fingerprint density at radius 3 is 2.69 bits per heavy atom. The minimum absolute atomic E-state index is 0.159. The molecule has 1 aliphatic rings. The first kappa shape index (κ1) is 17.0. The van der Waals surface area contributed by atoms with E-state index < -0.39 is 0 Å². The molecular weight excluding hydrogens is 348 g/mol. The lowest BCUT2D eigenvalue weighted by molar-refractivity contribution is -0.127. The van der Waals surface area contributed by atoms with Gasteiger partial charge in [-0.15, -0.1) is 5.10 Å². The number of nitrogens with zero attached hydrogens (tertiary/aromatic N) is 6. The third-order valence-corrected chi connectivity index (χ3v) is 5.47. The van der Waals surface area contributed by atoms with Crippen LogP contribution >= 0.6 is 11.8 Å². The molecule has 0 atom stereocenters. The number of benzene rings is 1. The number of amides is 1. The van der Waals surface area contributed by atoms with E-state index in [0.29, 0.717) is 28.5 Å². The van der Waals surface area contributed by atoms with Gasteiger partial charge < -0.3 is 4.90 Å². The molecule has 0 N–H and O–H groups in total. The summed E-state index contributed by atoms with van der Waals surface area (Å²) in [6.07, 6.45) is 3.71. The lowest BCUT2D eigenvalue weighted by Crippen LogP contribution is -2.29. The summed E-state index contributed by atoms with van der Waals surface area (Å²) >= 11 is 1.41. The fourth-order valence-corrected chi connectivity index (χ4v) is 3.87. The topological polar surface area (TPSA) is 76.8 Å². The first-order valence-corrected chi connectivity index (χ1v) is 9.69. The van der Waals surface area contributed by atoms with Crippen molar-refractivity contribution in [3.8, 4) is 0 Å². The quantitative estimate of drug-likeness (QED) is 0.508. The molecule has 0 spiro atoms. The van der Waals surface area contributed by atoms with Gasteiger partial charge >= 0.3 is 0 Å². The highest BCUT2D eigenvalue weighted by molar-refractivity contribution is 8.00. The Morgan fingerprint density at radius 1 is 1.15 bits per heavy atom. The average Bonchev–Trinajstić information content (AvgIpc) is 3.32. The third kappa shape index (κ3) is 3.55. The predicted octanol–water partition coefficient (Wildman–Crippen LogP) is 2.29. The minimum Gasteiger partial charge on any atom is -0.342 e. The SMILES string of the molecule is Cc1ccc(Cn2nnc3c(SCC(=O)N4CCCC4)ncnc32)cc1. The van der Waals surface area contributed by atoms with E-state index in [1.165, 1.54) is 23.7 Å². The Hall–Kier alpha value is -2.48. The maximum absolute atomic E-state index is 12.2. The highest BCUT2D eigenvalue weighted by Crippen LogP contribution is 2.23. The maximum Gasteiger partial charge on any atom is 0.232 e. The molecule has 8 heteroatoms. The summed E-state index contributed by atoms with van der Waals surface area (Å²) < 4.78 is 1.77. The number of aromatic nitrogens is 5. The number of rotatable bonds is 5. The monoisotopic (exact) mass is 368 g/mol. The molecule has 4 rings (SSSR count). The van der Waals surface area contributed by atoms with Crippen molar-refractivity contribution in [3.05, 3.63) is 41.7 Å². The van der Waals surface area contributed by atoms with Gasteiger partial charge in [-0.2, -0.15) is 0 Å². The summed E-state index contributed by atoms with van der Waals surface area (Å²) in [4.78, 5) is 22.8. The third-order valence-electron chi connectivity index (χ3n) is 4.51. The fourth-order valence-electron chi connectivity index (χ4n) is 3.04. The zero-order valence-electron chi connectivity index (χ0n) is 14.6. The molecule has 1 aliphatic heterocycles. The summed E-state index contributed by atoms with van der Waals surface area (Å²) in [5.41, 5.74) is 3.70. The van der Waals surface area contributed by atoms with Crippen molar-refractivity contribution in [3.63, 3.8) is 0 Å². The van der Waals surface area contributed by atoms with Crippen LogP contribution in [-0.2, 0) is 11.3 Å². The van der Waals surface area contributed by atoms with Crippen LogP contribution in [0.5, 0.6) is 0 Å². The zero-order valence-corrected chi connectivity index (χ0v) is 15.4. The van der Waals surface area contributed by atoms with Gasteiger partial charge in [-0.25, -0.2) is 14.6 Å². The number of hydrogen-bond donors (Lipinski definition) is 0. The molecule has 134 valence electrons. The highest BCUT2D eigenvalue weighted by Gasteiger charge is 2.19. The number of hydrogen-bond acceptors (Lipinski definition) is 6. The van der Waals surface area contributed by atoms with Crippen LogP contribution in [-0.4, -0.2) is 54.6 Å². The smallest absolute Gasteiger partial charge is 0.232 e. The Kier molecular flexibility index (Phi) is 4.83. The van der Waals surface area contributed by atoms with E-state index in [-0.39, 0.29) is 5.91 Å². The first-order valence-electron chi connectivity index (χ1n) is 8.71. The van der Waals surface area contributed by atoms with Crippen molar-refractivity contribution in [1.82, 2.24) is 29.9 Å². The van der Waals surface area contributed by atoms with E-state index in [4.69, 9.17) is 0 Å². The van der Waals surface area contributed by atoms with Gasteiger partial charge in [0.1, 0.15) is 11.4 Å². The Labute approximate surface area is 155 Å². The summed E-state index contributed by atoms with van der Waals surface area (Å²) in [5, 5.41) is 9.19. The molecule has 1 saturated heterocycles. The molecule has 26 heavy (non-hydrogen) atoms. The van der Waals surface area contributed by atoms with E-state index >= 15 is 0 Å². The van der Waals surface area contributed by atoms with Crippen molar-refractivity contribution in [2.75, 3.05) is 18.8 Å². The van der Waals surface area contributed by atoms with Gasteiger partial charge in [-0.05, 0) is 25.3 Å². The van der Waals surface area contributed by atoms with Gasteiger partial charge in [0.2, 0.25) is 5.91 Å². The molecule has 3 heterocycles. The van der Waals surface area contributed by atoms with E-state index in [0.717, 1.165) is 31.5 Å². The number of aryl methyl sites for hydroxylation is 1. The summed E-state index contributed by atoms with van der Waals surface area (Å²) in [6.45, 7) is 4.40. The fraction of sp³-hybridized carbons (Fsp3) is 0.389. The van der Waals surface area contributed by atoms with Crippen LogP contribution < -0.4 is 0 Å². The van der Waals surface area contributed by atoms with Crippen LogP contribution in [0.3, 0.4) is 0 Å². The van der Waals surface area contributed by atoms with Crippen LogP contribution in [0, 0.1) is 6.92 Å². The molecule has 2 aromatic heterocycles. The van der Waals surface area contributed by atoms with Gasteiger partial charge in [0.25, 0.3) is 0 Å². The van der Waals surface area contributed by atoms with Crippen molar-refractivity contribution in [1.29, 1.82) is 0 Å². The van der Waals surface area contributed by atoms with Crippen molar-refractivity contribution >= 4 is 28.8 Å². The Balaban J connectivity index is 1.51. The number of carbonyl (C=O) groups is 1. The van der Waals surface area contributed by atoms with Crippen LogP contribution in [0.15, 0.2) is 35.6 Å². The van der Waals surface area contributed by atoms with Gasteiger partial charge in [0.15, 0.2) is 11.2 Å². The lowest BCUT2D eigenvalue weighted by atomic mass is 10.1. The second kappa shape index (κ2) is 7.41. The number of thioether (sulfide) groups is 1. The van der Waals surface area contributed by atoms with Gasteiger partial charge in [0, 0.05) is 13.1 Å². The highest BCUT2D eigenvalue weighted by atomic mass is 32.2. The van der Waals surface area contributed by atoms with E-state index in [2.05, 4.69) is 51.5 Å². The molecule has 3 aromatic rings. The largest absolute Gasteiger partial charge is 0.342 e. The Bertz CT molecular complexity index is 917. The van der Waals surface area contributed by atoms with Crippen LogP contribution in [0.1, 0.15) is 24.0 Å². The van der Waals surface area contributed by atoms with Gasteiger partial charge in [0.05, 0.1) is 12.3 Å². The molecular formula is C18H20N6OS. The van der Waals surface area contributed by atoms with E-state index in [1.807, 2.05) is 4.90 Å². The molecule has 0 saturated carbocycles. The molecule has 0 radical (unpaired) electrons. The molecule has 0 aliphatic carbocycles. The summed E-state index contributed by atoms with van der Waals surface area (Å²) in [7, 11) is 0. The van der Waals surface area contributed by atoms with Crippen LogP contribution in [0.2, 0.25) is 0 Å². The number of likely N-dealkylation sites (tertiary alicyclic amines) is 1. The zero-order chi connectivity index (χ0) is 17.9. The number of fused-ring (bicyclic) bond motifs is 1. The van der Waals surface area contributed by atoms with Crippen molar-refractivity contribution in [2.24, 2.45) is 0 Å². The summed E-state index contributed by atoms with van der Waals surface area (Å²) in [5.74, 6) is 0.531. The van der Waals surface area contributed by atoms with E-state index in [9.17, 15) is 4.79 Å². The van der Waals surface area contributed by atoms with Gasteiger partial charge in [-0.1, -0.05) is 46.8 Å². The van der Waals surface area contributed by atoms with Gasteiger partial charge in [-0.3, -0.25) is 4.79 Å². The standard InChI is InChI=1S/C18H20N6OS/c1-13-4-6-14(7-5-13)10-24-17-16(21-22-24)18(20-12-19-17)26-11-15(25)23-8-2-3-9-23/h4-7,12H,2-3,8-11H2,1H3. The normalized spacial score (nSPS) is 14.3. The molecule has 1 fully saturated rings. The summed E-state index contributed by atoms with van der Waals surface area (Å²) in [6, 6.07) is 8.31. The van der Waals surface area contributed by atoms with Crippen LogP contribution in [0.4, 0.5) is 0 Å². The van der Waals surface area contributed by atoms with E-state index in [1.54, 1.807) is 4.68 Å².